The molecule has 0 saturated heterocycles. The summed E-state index contributed by atoms with van der Waals surface area (Å²) in [5.74, 6) is 0.645. The Morgan fingerprint density at radius 1 is 1.18 bits per heavy atom. The van der Waals surface area contributed by atoms with Crippen LogP contribution in [0.2, 0.25) is 0 Å². The first-order valence-corrected chi connectivity index (χ1v) is 3.78. The van der Waals surface area contributed by atoms with Crippen molar-refractivity contribution in [2.75, 3.05) is 7.05 Å². The Kier molecular flexibility index (Phi) is 13.6. The molecule has 0 spiro atoms. The van der Waals surface area contributed by atoms with Gasteiger partial charge in [0.25, 0.3) is 0 Å². The van der Waals surface area contributed by atoms with Crippen LogP contribution in [-0.4, -0.2) is 7.05 Å². The highest BCUT2D eigenvalue weighted by Crippen LogP contribution is 1.92. The van der Waals surface area contributed by atoms with Gasteiger partial charge in [0, 0.05) is 7.05 Å². The van der Waals surface area contributed by atoms with Crippen molar-refractivity contribution in [3.63, 3.8) is 0 Å². The van der Waals surface area contributed by atoms with E-state index in [1.54, 1.807) is 0 Å². The number of nitrogens with one attached hydrogen (secondary N) is 1. The maximum Gasteiger partial charge on any atom is 0.00277 e. The van der Waals surface area contributed by atoms with Crippen molar-refractivity contribution in [3.8, 4) is 0 Å². The van der Waals surface area contributed by atoms with Gasteiger partial charge in [-0.15, -0.1) is 13.2 Å². The molecule has 0 saturated carbocycles. The molecule has 0 aromatic rings. The van der Waals surface area contributed by atoms with Crippen LogP contribution < -0.4 is 5.32 Å². The van der Waals surface area contributed by atoms with Crippen LogP contribution in [0.15, 0.2) is 37.6 Å². The Labute approximate surface area is 70.5 Å². The normalized spacial score (nSPS) is 10.2. The van der Waals surface area contributed by atoms with E-state index in [9.17, 15) is 0 Å². The topological polar surface area (TPSA) is 12.0 Å². The van der Waals surface area contributed by atoms with Crippen LogP contribution in [0.3, 0.4) is 0 Å². The third-order valence-corrected chi connectivity index (χ3v) is 0.870. The standard InChI is InChI=1S/C8H15N.C2H4/c1-8(2)6-4-5-7-9-3;1-2/h4-9H,1-3H3;1-2H2/b6-4-,7-5-;. The fourth-order valence-corrected chi connectivity index (χ4v) is 0.438. The Balaban J connectivity index is 0. The fraction of sp³-hybridized carbons (Fsp3) is 0.400. The van der Waals surface area contributed by atoms with E-state index in [1.165, 1.54) is 0 Å². The lowest BCUT2D eigenvalue weighted by molar-refractivity contribution is 0.832. The van der Waals surface area contributed by atoms with Gasteiger partial charge in [-0.1, -0.05) is 26.0 Å². The third kappa shape index (κ3) is 17.6. The second-order valence-corrected chi connectivity index (χ2v) is 2.28. The molecule has 11 heavy (non-hydrogen) atoms. The van der Waals surface area contributed by atoms with Crippen LogP contribution in [0.4, 0.5) is 0 Å². The van der Waals surface area contributed by atoms with Crippen LogP contribution in [0.5, 0.6) is 0 Å². The highest BCUT2D eigenvalue weighted by atomic mass is 14.8. The largest absolute Gasteiger partial charge is 0.394 e. The monoisotopic (exact) mass is 153 g/mol. The zero-order chi connectivity index (χ0) is 9.11. The van der Waals surface area contributed by atoms with Crippen molar-refractivity contribution in [2.24, 2.45) is 5.92 Å². The first kappa shape index (κ1) is 12.7. The number of hydrogen-bond acceptors (Lipinski definition) is 1. The summed E-state index contributed by atoms with van der Waals surface area (Å²) in [5.41, 5.74) is 0. The second kappa shape index (κ2) is 11.8. The first-order chi connectivity index (χ1) is 5.27. The Morgan fingerprint density at radius 2 is 1.73 bits per heavy atom. The maximum absolute atomic E-state index is 3.00. The Hall–Kier alpha value is -0.980. The minimum atomic E-state index is 0.645. The van der Waals surface area contributed by atoms with Gasteiger partial charge in [-0.3, -0.25) is 0 Å². The zero-order valence-electron chi connectivity index (χ0n) is 7.80. The van der Waals surface area contributed by atoms with Gasteiger partial charge in [0.1, 0.15) is 0 Å². The van der Waals surface area contributed by atoms with Gasteiger partial charge in [-0.2, -0.15) is 0 Å². The van der Waals surface area contributed by atoms with Gasteiger partial charge in [-0.25, -0.2) is 0 Å². The Bertz CT molecular complexity index is 112. The molecule has 1 N–H and O–H groups in total. The van der Waals surface area contributed by atoms with Crippen molar-refractivity contribution in [2.45, 2.75) is 13.8 Å². The summed E-state index contributed by atoms with van der Waals surface area (Å²) in [6, 6.07) is 0. The SMILES string of the molecule is C=C.CN/C=C\C=C/C(C)C. The summed E-state index contributed by atoms with van der Waals surface area (Å²) in [6.45, 7) is 10.3. The fourth-order valence-electron chi connectivity index (χ4n) is 0.438. The van der Waals surface area contributed by atoms with Crippen molar-refractivity contribution < 1.29 is 0 Å². The molecule has 64 valence electrons. The van der Waals surface area contributed by atoms with Crippen LogP contribution in [0, 0.1) is 5.92 Å². The average molecular weight is 153 g/mol. The lowest BCUT2D eigenvalue weighted by Gasteiger charge is -1.88. The second-order valence-electron chi connectivity index (χ2n) is 2.28. The van der Waals surface area contributed by atoms with Gasteiger partial charge in [0.15, 0.2) is 0 Å². The molecule has 0 aliphatic carbocycles. The lowest BCUT2D eigenvalue weighted by Crippen LogP contribution is -1.89. The van der Waals surface area contributed by atoms with Gasteiger partial charge >= 0.3 is 0 Å². The summed E-state index contributed by atoms with van der Waals surface area (Å²) in [6.07, 6.45) is 8.08. The molecule has 0 aromatic heterocycles. The van der Waals surface area contributed by atoms with Crippen LogP contribution in [0.1, 0.15) is 13.8 Å². The number of hydrogen-bond donors (Lipinski definition) is 1. The van der Waals surface area contributed by atoms with E-state index >= 15 is 0 Å². The third-order valence-electron chi connectivity index (χ3n) is 0.870. The lowest BCUT2D eigenvalue weighted by atomic mass is 10.2. The van der Waals surface area contributed by atoms with Gasteiger partial charge in [0.2, 0.25) is 0 Å². The van der Waals surface area contributed by atoms with Crippen molar-refractivity contribution in [3.05, 3.63) is 37.6 Å². The molecule has 0 unspecified atom stereocenters. The molecular formula is C10H19N. The van der Waals surface area contributed by atoms with E-state index in [4.69, 9.17) is 0 Å². The predicted molar refractivity (Wildman–Crippen MR) is 53.4 cm³/mol. The average Bonchev–Trinajstić information content (AvgIpc) is 2.02. The van der Waals surface area contributed by atoms with Crippen molar-refractivity contribution in [1.29, 1.82) is 0 Å². The molecule has 0 aromatic carbocycles. The van der Waals surface area contributed by atoms with Gasteiger partial charge in [0.05, 0.1) is 0 Å². The maximum atomic E-state index is 3.00. The van der Waals surface area contributed by atoms with E-state index in [1.807, 2.05) is 25.4 Å². The van der Waals surface area contributed by atoms with Gasteiger partial charge in [-0.05, 0) is 18.2 Å². The highest BCUT2D eigenvalue weighted by molar-refractivity contribution is 5.02. The molecule has 1 heteroatoms. The molecule has 0 rings (SSSR count). The summed E-state index contributed by atoms with van der Waals surface area (Å²) in [7, 11) is 1.89. The van der Waals surface area contributed by atoms with E-state index in [2.05, 4.69) is 38.4 Å². The van der Waals surface area contributed by atoms with E-state index in [0.717, 1.165) is 0 Å². The molecule has 0 heterocycles. The van der Waals surface area contributed by atoms with Crippen molar-refractivity contribution >= 4 is 0 Å². The predicted octanol–water partition coefficient (Wildman–Crippen LogP) is 2.73. The molecule has 0 atom stereocenters. The molecule has 0 amide bonds. The summed E-state index contributed by atoms with van der Waals surface area (Å²) >= 11 is 0. The summed E-state index contributed by atoms with van der Waals surface area (Å²) in [5, 5.41) is 2.91. The van der Waals surface area contributed by atoms with E-state index < -0.39 is 0 Å². The summed E-state index contributed by atoms with van der Waals surface area (Å²) < 4.78 is 0. The minimum absolute atomic E-state index is 0.645. The zero-order valence-corrected chi connectivity index (χ0v) is 7.80. The molecule has 0 fully saturated rings. The van der Waals surface area contributed by atoms with E-state index in [-0.39, 0.29) is 0 Å². The van der Waals surface area contributed by atoms with Crippen LogP contribution in [0.25, 0.3) is 0 Å². The summed E-state index contributed by atoms with van der Waals surface area (Å²) in [4.78, 5) is 0. The molecule has 0 aliphatic heterocycles. The number of rotatable bonds is 3. The smallest absolute Gasteiger partial charge is 0.00277 e. The molecule has 1 nitrogen and oxygen atoms in total. The molecule has 0 bridgehead atoms. The Morgan fingerprint density at radius 3 is 2.09 bits per heavy atom. The first-order valence-electron chi connectivity index (χ1n) is 3.78. The minimum Gasteiger partial charge on any atom is -0.394 e. The van der Waals surface area contributed by atoms with E-state index in [0.29, 0.717) is 5.92 Å². The number of allylic oxidation sites excluding steroid dienone is 3. The van der Waals surface area contributed by atoms with Crippen molar-refractivity contribution in [1.82, 2.24) is 5.32 Å². The molecular weight excluding hydrogens is 134 g/mol. The van der Waals surface area contributed by atoms with Gasteiger partial charge < -0.3 is 5.32 Å². The van der Waals surface area contributed by atoms with Crippen LogP contribution in [-0.2, 0) is 0 Å². The quantitative estimate of drug-likeness (QED) is 0.485. The van der Waals surface area contributed by atoms with Crippen LogP contribution >= 0.6 is 0 Å². The molecule has 0 radical (unpaired) electrons. The highest BCUT2D eigenvalue weighted by Gasteiger charge is 1.78. The molecule has 0 aliphatic rings.